The van der Waals surface area contributed by atoms with Crippen LogP contribution in [0.5, 0.6) is 5.75 Å². The monoisotopic (exact) mass is 523 g/mol. The molecule has 6 heteroatoms. The van der Waals surface area contributed by atoms with E-state index >= 15 is 0 Å². The van der Waals surface area contributed by atoms with Crippen molar-refractivity contribution >= 4 is 11.7 Å². The van der Waals surface area contributed by atoms with Gasteiger partial charge in [-0.2, -0.15) is 0 Å². The molecular formula is C33H30FNO4. The first-order valence-electron chi connectivity index (χ1n) is 13.1. The number of ether oxygens (including phenoxy) is 1. The SMILES string of the molecule is O=C(c1ccc(CN(CC2CC2)C(=O)c2ccc(OCc3ccccc3F)cc2)cc1)C(O)c1ccccc1. The molecule has 1 saturated carbocycles. The first-order valence-corrected chi connectivity index (χ1v) is 13.1. The lowest BCUT2D eigenvalue weighted by atomic mass is 9.99. The summed E-state index contributed by atoms with van der Waals surface area (Å²) in [4.78, 5) is 28.0. The number of ketones is 1. The molecule has 0 aromatic heterocycles. The molecular weight excluding hydrogens is 493 g/mol. The number of amides is 1. The average molecular weight is 524 g/mol. The molecule has 0 radical (unpaired) electrons. The van der Waals surface area contributed by atoms with Crippen LogP contribution in [-0.4, -0.2) is 28.2 Å². The van der Waals surface area contributed by atoms with Gasteiger partial charge in [0.15, 0.2) is 5.78 Å². The fourth-order valence-electron chi connectivity index (χ4n) is 4.42. The number of halogens is 1. The van der Waals surface area contributed by atoms with E-state index in [1.807, 2.05) is 23.1 Å². The van der Waals surface area contributed by atoms with Crippen LogP contribution in [0.3, 0.4) is 0 Å². The summed E-state index contributed by atoms with van der Waals surface area (Å²) in [6, 6.07) is 29.3. The number of hydrogen-bond donors (Lipinski definition) is 1. The van der Waals surface area contributed by atoms with Crippen LogP contribution in [0, 0.1) is 11.7 Å². The molecule has 1 amide bonds. The van der Waals surface area contributed by atoms with Gasteiger partial charge in [0, 0.05) is 29.8 Å². The molecule has 0 saturated heterocycles. The number of Topliss-reactive ketones (excluding diaryl/α,β-unsaturated/α-hetero) is 1. The van der Waals surface area contributed by atoms with E-state index in [0.29, 0.717) is 47.0 Å². The second-order valence-corrected chi connectivity index (χ2v) is 9.91. The van der Waals surface area contributed by atoms with Gasteiger partial charge in [-0.15, -0.1) is 0 Å². The van der Waals surface area contributed by atoms with E-state index in [-0.39, 0.29) is 24.1 Å². The van der Waals surface area contributed by atoms with Crippen molar-refractivity contribution in [1.29, 1.82) is 0 Å². The maximum absolute atomic E-state index is 13.8. The van der Waals surface area contributed by atoms with E-state index in [4.69, 9.17) is 4.74 Å². The van der Waals surface area contributed by atoms with Crippen molar-refractivity contribution in [3.63, 3.8) is 0 Å². The number of rotatable bonds is 11. The van der Waals surface area contributed by atoms with E-state index < -0.39 is 6.10 Å². The van der Waals surface area contributed by atoms with Gasteiger partial charge < -0.3 is 14.7 Å². The lowest BCUT2D eigenvalue weighted by molar-refractivity contribution is 0.0731. The zero-order valence-electron chi connectivity index (χ0n) is 21.5. The molecule has 0 aliphatic heterocycles. The molecule has 1 unspecified atom stereocenters. The number of aliphatic hydroxyl groups is 1. The highest BCUT2D eigenvalue weighted by atomic mass is 19.1. The minimum Gasteiger partial charge on any atom is -0.489 e. The first-order chi connectivity index (χ1) is 19.0. The van der Waals surface area contributed by atoms with E-state index in [1.165, 1.54) is 6.07 Å². The molecule has 0 heterocycles. The Morgan fingerprint density at radius 3 is 2.15 bits per heavy atom. The van der Waals surface area contributed by atoms with Crippen LogP contribution in [0.2, 0.25) is 0 Å². The number of nitrogens with zero attached hydrogens (tertiary/aromatic N) is 1. The Hall–Kier alpha value is -4.29. The fourth-order valence-corrected chi connectivity index (χ4v) is 4.42. The molecule has 1 atom stereocenters. The zero-order valence-corrected chi connectivity index (χ0v) is 21.5. The Balaban J connectivity index is 1.23. The fraction of sp³-hybridized carbons (Fsp3) is 0.212. The minimum absolute atomic E-state index is 0.0813. The van der Waals surface area contributed by atoms with Crippen LogP contribution in [0.25, 0.3) is 0 Å². The highest BCUT2D eigenvalue weighted by Gasteiger charge is 2.27. The topological polar surface area (TPSA) is 66.8 Å². The Morgan fingerprint density at radius 2 is 1.49 bits per heavy atom. The van der Waals surface area contributed by atoms with Crippen molar-refractivity contribution < 1.29 is 23.8 Å². The van der Waals surface area contributed by atoms with Gasteiger partial charge in [-0.1, -0.05) is 72.8 Å². The molecule has 1 N–H and O–H groups in total. The van der Waals surface area contributed by atoms with Crippen LogP contribution < -0.4 is 4.74 Å². The third-order valence-electron chi connectivity index (χ3n) is 6.89. The third-order valence-corrected chi connectivity index (χ3v) is 6.89. The van der Waals surface area contributed by atoms with Crippen molar-refractivity contribution in [2.45, 2.75) is 32.1 Å². The summed E-state index contributed by atoms with van der Waals surface area (Å²) in [5.74, 6) is 0.295. The predicted octanol–water partition coefficient (Wildman–Crippen LogP) is 6.37. The summed E-state index contributed by atoms with van der Waals surface area (Å²) < 4.78 is 19.6. The van der Waals surface area contributed by atoms with Crippen LogP contribution in [-0.2, 0) is 13.2 Å². The second-order valence-electron chi connectivity index (χ2n) is 9.91. The van der Waals surface area contributed by atoms with E-state index in [1.54, 1.807) is 78.9 Å². The second kappa shape index (κ2) is 12.0. The van der Waals surface area contributed by atoms with Gasteiger partial charge >= 0.3 is 0 Å². The molecule has 5 rings (SSSR count). The van der Waals surface area contributed by atoms with Crippen LogP contribution >= 0.6 is 0 Å². The quantitative estimate of drug-likeness (QED) is 0.232. The Kier molecular flexibility index (Phi) is 8.13. The average Bonchev–Trinajstić information content (AvgIpc) is 3.80. The van der Waals surface area contributed by atoms with Gasteiger partial charge in [-0.25, -0.2) is 4.39 Å². The maximum Gasteiger partial charge on any atom is 0.254 e. The van der Waals surface area contributed by atoms with Gasteiger partial charge in [0.05, 0.1) is 0 Å². The Labute approximate surface area is 227 Å². The lowest BCUT2D eigenvalue weighted by Crippen LogP contribution is -2.32. The van der Waals surface area contributed by atoms with Crippen LogP contribution in [0.15, 0.2) is 103 Å². The van der Waals surface area contributed by atoms with Gasteiger partial charge in [-0.05, 0) is 60.2 Å². The highest BCUT2D eigenvalue weighted by Crippen LogP contribution is 2.31. The molecule has 1 fully saturated rings. The van der Waals surface area contributed by atoms with Gasteiger partial charge in [-0.3, -0.25) is 9.59 Å². The Morgan fingerprint density at radius 1 is 0.846 bits per heavy atom. The van der Waals surface area contributed by atoms with Crippen LogP contribution in [0.1, 0.15) is 56.4 Å². The minimum atomic E-state index is -1.22. The van der Waals surface area contributed by atoms with Crippen molar-refractivity contribution in [2.24, 2.45) is 5.92 Å². The van der Waals surface area contributed by atoms with Crippen LogP contribution in [0.4, 0.5) is 4.39 Å². The zero-order chi connectivity index (χ0) is 27.2. The molecule has 4 aromatic carbocycles. The number of hydrogen-bond acceptors (Lipinski definition) is 4. The summed E-state index contributed by atoms with van der Waals surface area (Å²) in [6.07, 6.45) is 0.998. The molecule has 39 heavy (non-hydrogen) atoms. The molecule has 198 valence electrons. The van der Waals surface area contributed by atoms with Gasteiger partial charge in [0.25, 0.3) is 5.91 Å². The summed E-state index contributed by atoms with van der Waals surface area (Å²) in [7, 11) is 0. The van der Waals surface area contributed by atoms with E-state index in [9.17, 15) is 19.1 Å². The number of aliphatic hydroxyl groups excluding tert-OH is 1. The highest BCUT2D eigenvalue weighted by molar-refractivity contribution is 6.00. The molecule has 0 spiro atoms. The summed E-state index contributed by atoms with van der Waals surface area (Å²) in [6.45, 7) is 1.18. The van der Waals surface area contributed by atoms with Gasteiger partial charge in [0.2, 0.25) is 0 Å². The molecule has 5 nitrogen and oxygen atoms in total. The van der Waals surface area contributed by atoms with E-state index in [2.05, 4.69) is 0 Å². The standard InChI is InChI=1S/C33H30FNO4/c34-30-9-5-4-8-28(30)22-39-29-18-16-27(17-19-29)33(38)35(20-23-10-11-23)21-24-12-14-26(15-13-24)32(37)31(36)25-6-2-1-3-7-25/h1-9,12-19,23,31,36H,10-11,20-22H2. The smallest absolute Gasteiger partial charge is 0.254 e. The Bertz CT molecular complexity index is 1420. The summed E-state index contributed by atoms with van der Waals surface area (Å²) in [5.41, 5.74) is 2.89. The summed E-state index contributed by atoms with van der Waals surface area (Å²) in [5, 5.41) is 10.5. The van der Waals surface area contributed by atoms with Crippen molar-refractivity contribution in [1.82, 2.24) is 4.90 Å². The first kappa shape index (κ1) is 26.3. The molecule has 1 aliphatic rings. The maximum atomic E-state index is 13.8. The molecule has 0 bridgehead atoms. The normalized spacial score (nSPS) is 13.5. The van der Waals surface area contributed by atoms with Gasteiger partial charge in [0.1, 0.15) is 24.3 Å². The van der Waals surface area contributed by atoms with Crippen molar-refractivity contribution in [3.8, 4) is 5.75 Å². The number of benzene rings is 4. The van der Waals surface area contributed by atoms with E-state index in [0.717, 1.165) is 18.4 Å². The lowest BCUT2D eigenvalue weighted by Gasteiger charge is -2.23. The van der Waals surface area contributed by atoms with Crippen molar-refractivity contribution in [3.05, 3.63) is 137 Å². The number of carbonyl (C=O) groups is 2. The third kappa shape index (κ3) is 6.78. The molecule has 1 aliphatic carbocycles. The predicted molar refractivity (Wildman–Crippen MR) is 147 cm³/mol. The summed E-state index contributed by atoms with van der Waals surface area (Å²) >= 11 is 0. The number of carbonyl (C=O) groups excluding carboxylic acids is 2. The van der Waals surface area contributed by atoms with Crippen molar-refractivity contribution in [2.75, 3.05) is 6.54 Å². The largest absolute Gasteiger partial charge is 0.489 e. The molecule has 4 aromatic rings.